The number of aliphatic carboxylic acids is 2. The Kier molecular flexibility index (Phi) is 5.20. The maximum absolute atomic E-state index is 11.9. The van der Waals surface area contributed by atoms with Crippen LogP contribution in [0.25, 0.3) is 0 Å². The molecule has 2 atom stereocenters. The Balaban J connectivity index is 2.71. The lowest BCUT2D eigenvalue weighted by molar-refractivity contribution is -0.213. The molecule has 0 amide bonds. The van der Waals surface area contributed by atoms with E-state index in [0.29, 0.717) is 11.5 Å². The summed E-state index contributed by atoms with van der Waals surface area (Å²) in [5.74, 6) is -3.12. The molecule has 0 aromatic heterocycles. The van der Waals surface area contributed by atoms with E-state index in [1.165, 1.54) is 62.8 Å². The van der Waals surface area contributed by atoms with Crippen molar-refractivity contribution in [1.82, 2.24) is 0 Å². The van der Waals surface area contributed by atoms with Gasteiger partial charge in [-0.25, -0.2) is 9.59 Å². The third-order valence-corrected chi connectivity index (χ3v) is 4.16. The van der Waals surface area contributed by atoms with E-state index in [1.807, 2.05) is 0 Å². The molecule has 0 spiro atoms. The predicted molar refractivity (Wildman–Crippen MR) is 89.1 cm³/mol. The molecule has 0 bridgehead atoms. The van der Waals surface area contributed by atoms with Crippen molar-refractivity contribution >= 4 is 11.9 Å². The van der Waals surface area contributed by atoms with Crippen molar-refractivity contribution in [2.45, 2.75) is 11.2 Å². The molecule has 8 nitrogen and oxygen atoms in total. The largest absolute Gasteiger partial charge is 0.497 e. The Labute approximate surface area is 148 Å². The van der Waals surface area contributed by atoms with Gasteiger partial charge < -0.3 is 29.9 Å². The second kappa shape index (κ2) is 7.03. The molecule has 2 aromatic carbocycles. The Morgan fingerprint density at radius 1 is 0.692 bits per heavy atom. The first kappa shape index (κ1) is 19.2. The molecule has 0 unspecified atom stereocenters. The third kappa shape index (κ3) is 2.85. The molecule has 2 rings (SSSR count). The van der Waals surface area contributed by atoms with Crippen LogP contribution in [0.1, 0.15) is 11.1 Å². The van der Waals surface area contributed by atoms with Gasteiger partial charge in [0.15, 0.2) is 0 Å². The minimum Gasteiger partial charge on any atom is -0.497 e. The second-order valence-electron chi connectivity index (χ2n) is 5.49. The number of carbonyl (C=O) groups is 2. The molecule has 0 aliphatic heterocycles. The van der Waals surface area contributed by atoms with Crippen molar-refractivity contribution in [1.29, 1.82) is 0 Å². The second-order valence-corrected chi connectivity index (χ2v) is 5.49. The fourth-order valence-electron chi connectivity index (χ4n) is 2.64. The Hall–Kier alpha value is -3.10. The lowest BCUT2D eigenvalue weighted by Crippen LogP contribution is -2.59. The topological polar surface area (TPSA) is 134 Å². The van der Waals surface area contributed by atoms with E-state index in [0.717, 1.165) is 0 Å². The smallest absolute Gasteiger partial charge is 0.344 e. The summed E-state index contributed by atoms with van der Waals surface area (Å²) in [5, 5.41) is 41.0. The molecule has 8 heteroatoms. The highest BCUT2D eigenvalue weighted by molar-refractivity contribution is 5.92. The summed E-state index contributed by atoms with van der Waals surface area (Å²) in [6.07, 6.45) is 0. The molecule has 138 valence electrons. The van der Waals surface area contributed by atoms with Crippen LogP contribution in [0.2, 0.25) is 0 Å². The van der Waals surface area contributed by atoms with Crippen molar-refractivity contribution in [3.63, 3.8) is 0 Å². The summed E-state index contributed by atoms with van der Waals surface area (Å²) >= 11 is 0. The van der Waals surface area contributed by atoms with Crippen LogP contribution in [0.15, 0.2) is 48.5 Å². The molecular weight excluding hydrogens is 344 g/mol. The number of hydrogen-bond donors (Lipinski definition) is 4. The zero-order valence-electron chi connectivity index (χ0n) is 14.0. The van der Waals surface area contributed by atoms with Gasteiger partial charge in [0.2, 0.25) is 11.2 Å². The Morgan fingerprint density at radius 2 is 0.962 bits per heavy atom. The van der Waals surface area contributed by atoms with Crippen LogP contribution in [0.5, 0.6) is 11.5 Å². The fourth-order valence-corrected chi connectivity index (χ4v) is 2.64. The fraction of sp³-hybridized carbons (Fsp3) is 0.222. The van der Waals surface area contributed by atoms with E-state index in [2.05, 4.69) is 0 Å². The standard InChI is InChI=1S/C18H18O8/c1-25-13-7-3-11(4-8-13)17(23,15(19)20)18(24,16(21)22)12-5-9-14(26-2)10-6-12/h3-10,23-24H,1-2H3,(H,19,20)(H,21,22)/t17-,18-/m1/s1. The highest BCUT2D eigenvalue weighted by Gasteiger charge is 2.63. The first-order chi connectivity index (χ1) is 12.2. The number of carboxylic acid groups (broad SMARTS) is 2. The van der Waals surface area contributed by atoms with E-state index in [-0.39, 0.29) is 11.1 Å². The Bertz CT molecular complexity index is 729. The van der Waals surface area contributed by atoms with Crippen LogP contribution in [0.3, 0.4) is 0 Å². The maximum Gasteiger partial charge on any atom is 0.344 e. The van der Waals surface area contributed by atoms with Gasteiger partial charge in [-0.3, -0.25) is 0 Å². The van der Waals surface area contributed by atoms with Crippen molar-refractivity contribution < 1.29 is 39.5 Å². The maximum atomic E-state index is 11.9. The third-order valence-electron chi connectivity index (χ3n) is 4.16. The molecular formula is C18H18O8. The van der Waals surface area contributed by atoms with Gasteiger partial charge in [-0.05, 0) is 35.4 Å². The van der Waals surface area contributed by atoms with Crippen LogP contribution in [0, 0.1) is 0 Å². The van der Waals surface area contributed by atoms with Crippen molar-refractivity contribution in [3.05, 3.63) is 59.7 Å². The molecule has 0 saturated heterocycles. The van der Waals surface area contributed by atoms with Gasteiger partial charge in [0.25, 0.3) is 0 Å². The monoisotopic (exact) mass is 362 g/mol. The van der Waals surface area contributed by atoms with Crippen LogP contribution in [-0.4, -0.2) is 46.6 Å². The van der Waals surface area contributed by atoms with E-state index in [1.54, 1.807) is 0 Å². The predicted octanol–water partition coefficient (Wildman–Crippen LogP) is 0.948. The van der Waals surface area contributed by atoms with Crippen molar-refractivity contribution in [3.8, 4) is 11.5 Å². The van der Waals surface area contributed by atoms with Gasteiger partial charge in [0.05, 0.1) is 14.2 Å². The highest BCUT2D eigenvalue weighted by Crippen LogP contribution is 2.42. The summed E-state index contributed by atoms with van der Waals surface area (Å²) in [6, 6.07) is 10.1. The molecule has 0 heterocycles. The van der Waals surface area contributed by atoms with E-state index < -0.39 is 23.1 Å². The molecule has 4 N–H and O–H groups in total. The average Bonchev–Trinajstić information content (AvgIpc) is 2.66. The summed E-state index contributed by atoms with van der Waals surface area (Å²) in [6.45, 7) is 0. The van der Waals surface area contributed by atoms with E-state index in [4.69, 9.17) is 9.47 Å². The quantitative estimate of drug-likeness (QED) is 0.572. The van der Waals surface area contributed by atoms with Crippen LogP contribution in [0.4, 0.5) is 0 Å². The molecule has 0 saturated carbocycles. The summed E-state index contributed by atoms with van der Waals surface area (Å²) < 4.78 is 9.93. The number of carboxylic acids is 2. The first-order valence-corrected chi connectivity index (χ1v) is 7.42. The number of benzene rings is 2. The molecule has 0 aliphatic rings. The SMILES string of the molecule is COc1ccc([C@@](O)(C(=O)O)[C@](O)(C(=O)O)c2ccc(OC)cc2)cc1. The van der Waals surface area contributed by atoms with Crippen LogP contribution < -0.4 is 9.47 Å². The Morgan fingerprint density at radius 3 is 1.15 bits per heavy atom. The average molecular weight is 362 g/mol. The van der Waals surface area contributed by atoms with Gasteiger partial charge >= 0.3 is 11.9 Å². The van der Waals surface area contributed by atoms with Crippen LogP contribution >= 0.6 is 0 Å². The van der Waals surface area contributed by atoms with Gasteiger partial charge in [-0.1, -0.05) is 24.3 Å². The van der Waals surface area contributed by atoms with Gasteiger partial charge in [0.1, 0.15) is 11.5 Å². The molecule has 0 radical (unpaired) electrons. The number of rotatable bonds is 7. The summed E-state index contributed by atoms with van der Waals surface area (Å²) in [4.78, 5) is 23.8. The minimum absolute atomic E-state index is 0.327. The lowest BCUT2D eigenvalue weighted by atomic mass is 9.73. The highest BCUT2D eigenvalue weighted by atomic mass is 16.5. The normalized spacial score (nSPS) is 15.4. The number of methoxy groups -OCH3 is 2. The lowest BCUT2D eigenvalue weighted by Gasteiger charge is -2.37. The zero-order chi connectivity index (χ0) is 19.5. The van der Waals surface area contributed by atoms with E-state index in [9.17, 15) is 30.0 Å². The van der Waals surface area contributed by atoms with E-state index >= 15 is 0 Å². The summed E-state index contributed by atoms with van der Waals surface area (Å²) in [7, 11) is 2.78. The molecule has 0 aliphatic carbocycles. The molecule has 2 aromatic rings. The first-order valence-electron chi connectivity index (χ1n) is 7.42. The van der Waals surface area contributed by atoms with Crippen LogP contribution in [-0.2, 0) is 20.8 Å². The molecule has 26 heavy (non-hydrogen) atoms. The van der Waals surface area contributed by atoms with Gasteiger partial charge in [0, 0.05) is 0 Å². The number of aliphatic hydroxyl groups is 2. The zero-order valence-corrected chi connectivity index (χ0v) is 14.0. The minimum atomic E-state index is -3.17. The summed E-state index contributed by atoms with van der Waals surface area (Å²) in [5.41, 5.74) is -6.99. The van der Waals surface area contributed by atoms with Gasteiger partial charge in [-0.2, -0.15) is 0 Å². The van der Waals surface area contributed by atoms with Crippen molar-refractivity contribution in [2.24, 2.45) is 0 Å². The number of hydrogen-bond acceptors (Lipinski definition) is 6. The van der Waals surface area contributed by atoms with Crippen molar-refractivity contribution in [2.75, 3.05) is 14.2 Å². The number of ether oxygens (including phenoxy) is 2. The molecule has 0 fully saturated rings. The van der Waals surface area contributed by atoms with Gasteiger partial charge in [-0.15, -0.1) is 0 Å².